The van der Waals surface area contributed by atoms with Gasteiger partial charge in [-0.1, -0.05) is 30.7 Å². The molecule has 114 valence electrons. The van der Waals surface area contributed by atoms with Crippen LogP contribution < -0.4 is 5.73 Å². The SMILES string of the molecule is Cc1ccc(-c2nc3sc4c(n3c2N)CCC(C)C4)c(C)c1. The lowest BCUT2D eigenvalue weighted by Gasteiger charge is -2.18. The van der Waals surface area contributed by atoms with Crippen LogP contribution in [0, 0.1) is 19.8 Å². The van der Waals surface area contributed by atoms with Gasteiger partial charge in [0.05, 0.1) is 0 Å². The lowest BCUT2D eigenvalue weighted by molar-refractivity contribution is 0.499. The first-order chi connectivity index (χ1) is 10.5. The number of fused-ring (bicyclic) bond motifs is 3. The van der Waals surface area contributed by atoms with Crippen molar-refractivity contribution in [1.82, 2.24) is 9.38 Å². The molecule has 2 heterocycles. The van der Waals surface area contributed by atoms with Crippen molar-refractivity contribution in [2.45, 2.75) is 40.0 Å². The Bertz CT molecular complexity index is 872. The first-order valence-electron chi connectivity index (χ1n) is 7.90. The molecule has 4 heteroatoms. The van der Waals surface area contributed by atoms with Crippen LogP contribution in [0.5, 0.6) is 0 Å². The number of imidazole rings is 1. The van der Waals surface area contributed by atoms with E-state index in [0.29, 0.717) is 0 Å². The number of aryl methyl sites for hydroxylation is 3. The van der Waals surface area contributed by atoms with Crippen LogP contribution in [0.3, 0.4) is 0 Å². The first kappa shape index (κ1) is 13.8. The minimum Gasteiger partial charge on any atom is -0.383 e. The second kappa shape index (κ2) is 4.85. The lowest BCUT2D eigenvalue weighted by Crippen LogP contribution is -2.11. The summed E-state index contributed by atoms with van der Waals surface area (Å²) in [5, 5.41) is 0. The molecule has 22 heavy (non-hydrogen) atoms. The van der Waals surface area contributed by atoms with E-state index in [0.717, 1.165) is 34.4 Å². The summed E-state index contributed by atoms with van der Waals surface area (Å²) >= 11 is 1.81. The summed E-state index contributed by atoms with van der Waals surface area (Å²) in [5.74, 6) is 1.57. The minimum atomic E-state index is 0.774. The second-order valence-electron chi connectivity index (χ2n) is 6.60. The van der Waals surface area contributed by atoms with Gasteiger partial charge in [0, 0.05) is 16.1 Å². The van der Waals surface area contributed by atoms with Gasteiger partial charge < -0.3 is 5.73 Å². The quantitative estimate of drug-likeness (QED) is 0.724. The Morgan fingerprint density at radius 2 is 2.14 bits per heavy atom. The van der Waals surface area contributed by atoms with Gasteiger partial charge in [-0.3, -0.25) is 4.40 Å². The molecule has 0 amide bonds. The van der Waals surface area contributed by atoms with E-state index in [1.807, 2.05) is 11.3 Å². The van der Waals surface area contributed by atoms with Gasteiger partial charge in [-0.15, -0.1) is 11.3 Å². The Morgan fingerprint density at radius 3 is 2.91 bits per heavy atom. The van der Waals surface area contributed by atoms with Crippen LogP contribution in [0.1, 0.15) is 35.0 Å². The summed E-state index contributed by atoms with van der Waals surface area (Å²) in [6.07, 6.45) is 3.53. The van der Waals surface area contributed by atoms with E-state index < -0.39 is 0 Å². The Balaban J connectivity index is 1.90. The monoisotopic (exact) mass is 311 g/mol. The van der Waals surface area contributed by atoms with E-state index in [1.54, 1.807) is 0 Å². The topological polar surface area (TPSA) is 43.3 Å². The molecule has 3 aromatic rings. The summed E-state index contributed by atoms with van der Waals surface area (Å²) in [6.45, 7) is 6.58. The van der Waals surface area contributed by atoms with Gasteiger partial charge in [0.25, 0.3) is 0 Å². The molecule has 2 aromatic heterocycles. The fourth-order valence-electron chi connectivity index (χ4n) is 3.52. The molecule has 0 saturated carbocycles. The number of nitrogen functional groups attached to an aromatic ring is 1. The predicted octanol–water partition coefficient (Wildman–Crippen LogP) is 4.39. The zero-order chi connectivity index (χ0) is 15.4. The molecule has 0 radical (unpaired) electrons. The normalized spacial score (nSPS) is 17.9. The maximum Gasteiger partial charge on any atom is 0.196 e. The van der Waals surface area contributed by atoms with Crippen molar-refractivity contribution >= 4 is 22.1 Å². The average Bonchev–Trinajstić information content (AvgIpc) is 2.95. The van der Waals surface area contributed by atoms with Crippen molar-refractivity contribution in [3.63, 3.8) is 0 Å². The molecule has 0 saturated heterocycles. The standard InChI is InChI=1S/C18H21N3S/c1-10-4-6-13(12(3)8-10)16-17(19)21-14-7-5-11(2)9-15(14)22-18(21)20-16/h4,6,8,11H,5,7,9,19H2,1-3H3. The third-order valence-electron chi connectivity index (χ3n) is 4.73. The summed E-state index contributed by atoms with van der Waals surface area (Å²) in [5.41, 5.74) is 12.5. The molecule has 4 rings (SSSR count). The smallest absolute Gasteiger partial charge is 0.196 e. The molecule has 1 unspecified atom stereocenters. The molecule has 0 spiro atoms. The zero-order valence-electron chi connectivity index (χ0n) is 13.3. The summed E-state index contributed by atoms with van der Waals surface area (Å²) in [4.78, 5) is 7.38. The summed E-state index contributed by atoms with van der Waals surface area (Å²) < 4.78 is 2.19. The van der Waals surface area contributed by atoms with Crippen molar-refractivity contribution in [2.24, 2.45) is 5.92 Å². The number of hydrogen-bond acceptors (Lipinski definition) is 3. The molecule has 1 aliphatic rings. The van der Waals surface area contributed by atoms with E-state index >= 15 is 0 Å². The summed E-state index contributed by atoms with van der Waals surface area (Å²) in [6, 6.07) is 6.47. The lowest BCUT2D eigenvalue weighted by atomic mass is 9.93. The van der Waals surface area contributed by atoms with Crippen molar-refractivity contribution < 1.29 is 0 Å². The van der Waals surface area contributed by atoms with Gasteiger partial charge in [0.2, 0.25) is 0 Å². The number of benzene rings is 1. The Kier molecular flexibility index (Phi) is 3.05. The molecule has 0 aliphatic heterocycles. The minimum absolute atomic E-state index is 0.774. The average molecular weight is 311 g/mol. The highest BCUT2D eigenvalue weighted by Gasteiger charge is 2.24. The number of aromatic nitrogens is 2. The molecular formula is C18H21N3S. The Morgan fingerprint density at radius 1 is 1.32 bits per heavy atom. The van der Waals surface area contributed by atoms with Gasteiger partial charge in [-0.25, -0.2) is 4.98 Å². The largest absolute Gasteiger partial charge is 0.383 e. The van der Waals surface area contributed by atoms with Gasteiger partial charge in [-0.2, -0.15) is 0 Å². The maximum atomic E-state index is 6.49. The number of hydrogen-bond donors (Lipinski definition) is 1. The fraction of sp³-hybridized carbons (Fsp3) is 0.389. The van der Waals surface area contributed by atoms with Crippen molar-refractivity contribution in [1.29, 1.82) is 0 Å². The van der Waals surface area contributed by atoms with Crippen LogP contribution in [-0.2, 0) is 12.8 Å². The highest BCUT2D eigenvalue weighted by molar-refractivity contribution is 7.17. The number of nitrogens with two attached hydrogens (primary N) is 1. The zero-order valence-corrected chi connectivity index (χ0v) is 14.1. The maximum absolute atomic E-state index is 6.49. The molecule has 0 bridgehead atoms. The van der Waals surface area contributed by atoms with Crippen LogP contribution in [-0.4, -0.2) is 9.38 Å². The Hall–Kier alpha value is -1.81. The van der Waals surface area contributed by atoms with Crippen LogP contribution in [0.15, 0.2) is 18.2 Å². The molecule has 1 aliphatic carbocycles. The Labute approximate surface area is 134 Å². The van der Waals surface area contributed by atoms with Crippen LogP contribution in [0.2, 0.25) is 0 Å². The predicted molar refractivity (Wildman–Crippen MR) is 93.6 cm³/mol. The van der Waals surface area contributed by atoms with Crippen LogP contribution >= 0.6 is 11.3 Å². The third-order valence-corrected chi connectivity index (χ3v) is 5.84. The van der Waals surface area contributed by atoms with Crippen LogP contribution in [0.4, 0.5) is 5.82 Å². The van der Waals surface area contributed by atoms with E-state index in [4.69, 9.17) is 10.7 Å². The molecule has 1 atom stereocenters. The molecule has 0 fully saturated rings. The van der Waals surface area contributed by atoms with E-state index in [9.17, 15) is 0 Å². The first-order valence-corrected chi connectivity index (χ1v) is 8.72. The third kappa shape index (κ3) is 1.97. The van der Waals surface area contributed by atoms with Crippen molar-refractivity contribution in [2.75, 3.05) is 5.73 Å². The highest BCUT2D eigenvalue weighted by Crippen LogP contribution is 2.38. The molecule has 3 nitrogen and oxygen atoms in total. The van der Waals surface area contributed by atoms with Gasteiger partial charge in [0.1, 0.15) is 11.5 Å². The molecule has 1 aromatic carbocycles. The fourth-order valence-corrected chi connectivity index (χ4v) is 4.86. The van der Waals surface area contributed by atoms with Crippen LogP contribution in [0.25, 0.3) is 16.2 Å². The number of nitrogens with zero attached hydrogens (tertiary/aromatic N) is 2. The van der Waals surface area contributed by atoms with E-state index in [-0.39, 0.29) is 0 Å². The van der Waals surface area contributed by atoms with E-state index in [1.165, 1.54) is 34.5 Å². The van der Waals surface area contributed by atoms with Gasteiger partial charge in [0.15, 0.2) is 4.96 Å². The van der Waals surface area contributed by atoms with Gasteiger partial charge >= 0.3 is 0 Å². The van der Waals surface area contributed by atoms with Gasteiger partial charge in [-0.05, 0) is 44.6 Å². The molecular weight excluding hydrogens is 290 g/mol. The summed E-state index contributed by atoms with van der Waals surface area (Å²) in [7, 11) is 0. The van der Waals surface area contributed by atoms with E-state index in [2.05, 4.69) is 43.4 Å². The number of rotatable bonds is 1. The second-order valence-corrected chi connectivity index (χ2v) is 7.66. The highest BCUT2D eigenvalue weighted by atomic mass is 32.1. The number of anilines is 1. The molecule has 2 N–H and O–H groups in total. The number of thiazole rings is 1. The van der Waals surface area contributed by atoms with Crippen molar-refractivity contribution in [3.8, 4) is 11.3 Å². The van der Waals surface area contributed by atoms with Crippen molar-refractivity contribution in [3.05, 3.63) is 39.9 Å².